The quantitative estimate of drug-likeness (QED) is 0.679. The van der Waals surface area contributed by atoms with E-state index in [1.165, 1.54) is 6.07 Å². The number of aliphatic hydroxyl groups is 1. The summed E-state index contributed by atoms with van der Waals surface area (Å²) < 4.78 is 101. The van der Waals surface area contributed by atoms with Crippen LogP contribution in [0.3, 0.4) is 0 Å². The van der Waals surface area contributed by atoms with Crippen LogP contribution in [0.5, 0.6) is 0 Å². The average molecular weight is 453 g/mol. The third-order valence-electron chi connectivity index (χ3n) is 4.80. The number of hydrogen-bond donors (Lipinski definition) is 2. The Hall–Kier alpha value is -2.11. The van der Waals surface area contributed by atoms with E-state index in [1.807, 2.05) is 0 Å². The average Bonchev–Trinajstić information content (AvgIpc) is 3.00. The Morgan fingerprint density at radius 3 is 2.13 bits per heavy atom. The summed E-state index contributed by atoms with van der Waals surface area (Å²) >= 11 is 0. The Labute approximate surface area is 168 Å². The van der Waals surface area contributed by atoms with Gasteiger partial charge in [-0.25, -0.2) is 13.1 Å². The molecule has 0 unspecified atom stereocenters. The van der Waals surface area contributed by atoms with Crippen molar-refractivity contribution in [2.75, 3.05) is 0 Å². The summed E-state index contributed by atoms with van der Waals surface area (Å²) in [6.45, 7) is -0.553. The first-order valence-electron chi connectivity index (χ1n) is 8.78. The monoisotopic (exact) mass is 453 g/mol. The van der Waals surface area contributed by atoms with Gasteiger partial charge in [-0.15, -0.1) is 0 Å². The van der Waals surface area contributed by atoms with Gasteiger partial charge < -0.3 is 5.11 Å². The van der Waals surface area contributed by atoms with Crippen molar-refractivity contribution < 1.29 is 39.9 Å². The smallest absolute Gasteiger partial charge is 0.392 e. The summed E-state index contributed by atoms with van der Waals surface area (Å²) in [5, 5.41) is 9.22. The SMILES string of the molecule is O=S(=O)(N[C@H]1Cc2ccc(Cc3cc(CO)cc(C(F)(F)F)c3)cc2C1)C(F)(F)F. The highest BCUT2D eigenvalue weighted by atomic mass is 32.2. The number of rotatable bonds is 5. The molecule has 11 heteroatoms. The molecular formula is C19H17F6NO3S. The van der Waals surface area contributed by atoms with Crippen LogP contribution >= 0.6 is 0 Å². The lowest BCUT2D eigenvalue weighted by Crippen LogP contribution is -2.43. The van der Waals surface area contributed by atoms with E-state index in [0.29, 0.717) is 22.3 Å². The third kappa shape index (κ3) is 4.96. The Balaban J connectivity index is 1.79. The lowest BCUT2D eigenvalue weighted by molar-refractivity contribution is -0.137. The number of halogens is 6. The number of benzene rings is 2. The molecule has 0 fully saturated rings. The molecular weight excluding hydrogens is 436 g/mol. The number of fused-ring (bicyclic) bond motifs is 1. The van der Waals surface area contributed by atoms with E-state index in [9.17, 15) is 39.9 Å². The number of nitrogens with one attached hydrogen (secondary N) is 1. The van der Waals surface area contributed by atoms with Crippen LogP contribution in [0.1, 0.15) is 33.4 Å². The van der Waals surface area contributed by atoms with Crippen LogP contribution in [0.4, 0.5) is 26.3 Å². The molecule has 0 aliphatic heterocycles. The number of hydrogen-bond acceptors (Lipinski definition) is 3. The summed E-state index contributed by atoms with van der Waals surface area (Å²) in [5.41, 5.74) is -3.92. The standard InChI is InChI=1S/C19H17F6NO3S/c20-18(21,22)16-6-12(4-13(7-16)10-27)3-11-1-2-14-8-17(9-15(14)5-11)26-30(28,29)19(23,24)25/h1-2,4-7,17,26-27H,3,8-10H2/t17-/m0/s1. The van der Waals surface area contributed by atoms with E-state index in [1.54, 1.807) is 22.9 Å². The van der Waals surface area contributed by atoms with Gasteiger partial charge in [-0.3, -0.25) is 0 Å². The fourth-order valence-electron chi connectivity index (χ4n) is 3.51. The van der Waals surface area contributed by atoms with Crippen LogP contribution in [0.2, 0.25) is 0 Å². The Kier molecular flexibility index (Phi) is 5.91. The highest BCUT2D eigenvalue weighted by Gasteiger charge is 2.47. The predicted molar refractivity (Wildman–Crippen MR) is 95.9 cm³/mol. The van der Waals surface area contributed by atoms with Crippen molar-refractivity contribution in [1.29, 1.82) is 0 Å². The van der Waals surface area contributed by atoms with Crippen molar-refractivity contribution in [3.05, 3.63) is 69.8 Å². The van der Waals surface area contributed by atoms with Crippen molar-refractivity contribution >= 4 is 10.0 Å². The minimum Gasteiger partial charge on any atom is -0.392 e. The molecule has 0 radical (unpaired) electrons. The molecule has 30 heavy (non-hydrogen) atoms. The molecule has 2 aromatic rings. The molecule has 1 aliphatic carbocycles. The van der Waals surface area contributed by atoms with Gasteiger partial charge in [-0.1, -0.05) is 24.3 Å². The zero-order valence-corrected chi connectivity index (χ0v) is 16.1. The predicted octanol–water partition coefficient (Wildman–Crippen LogP) is 3.69. The molecule has 0 heterocycles. The molecule has 0 saturated carbocycles. The van der Waals surface area contributed by atoms with Gasteiger partial charge in [-0.05, 0) is 59.2 Å². The maximum absolute atomic E-state index is 13.0. The second-order valence-corrected chi connectivity index (χ2v) is 8.85. The topological polar surface area (TPSA) is 66.4 Å². The van der Waals surface area contributed by atoms with Crippen LogP contribution in [0.25, 0.3) is 0 Å². The molecule has 2 aromatic carbocycles. The highest BCUT2D eigenvalue weighted by Crippen LogP contribution is 2.32. The fraction of sp³-hybridized carbons (Fsp3) is 0.368. The van der Waals surface area contributed by atoms with E-state index in [-0.39, 0.29) is 24.8 Å². The van der Waals surface area contributed by atoms with Gasteiger partial charge >= 0.3 is 21.7 Å². The van der Waals surface area contributed by atoms with Crippen LogP contribution in [0, 0.1) is 0 Å². The minimum absolute atomic E-state index is 0.0446. The lowest BCUT2D eigenvalue weighted by Gasteiger charge is -2.14. The zero-order valence-electron chi connectivity index (χ0n) is 15.3. The number of sulfonamides is 1. The van der Waals surface area contributed by atoms with Crippen molar-refractivity contribution in [3.8, 4) is 0 Å². The summed E-state index contributed by atoms with van der Waals surface area (Å²) in [6, 6.07) is 7.26. The van der Waals surface area contributed by atoms with Crippen LogP contribution in [0.15, 0.2) is 36.4 Å². The largest absolute Gasteiger partial charge is 0.511 e. The number of alkyl halides is 6. The van der Waals surface area contributed by atoms with Gasteiger partial charge in [-0.2, -0.15) is 26.3 Å². The summed E-state index contributed by atoms with van der Waals surface area (Å²) in [7, 11) is -5.46. The molecule has 4 nitrogen and oxygen atoms in total. The number of aliphatic hydroxyl groups excluding tert-OH is 1. The molecule has 2 N–H and O–H groups in total. The Morgan fingerprint density at radius 1 is 0.900 bits per heavy atom. The molecule has 0 bridgehead atoms. The highest BCUT2D eigenvalue weighted by molar-refractivity contribution is 7.90. The van der Waals surface area contributed by atoms with E-state index in [0.717, 1.165) is 12.1 Å². The molecule has 3 rings (SSSR count). The van der Waals surface area contributed by atoms with Crippen molar-refractivity contribution in [1.82, 2.24) is 4.72 Å². The lowest BCUT2D eigenvalue weighted by atomic mass is 9.97. The van der Waals surface area contributed by atoms with Crippen molar-refractivity contribution in [3.63, 3.8) is 0 Å². The first-order valence-corrected chi connectivity index (χ1v) is 10.3. The van der Waals surface area contributed by atoms with Crippen LogP contribution in [-0.4, -0.2) is 25.1 Å². The Bertz CT molecular complexity index is 1050. The van der Waals surface area contributed by atoms with Gasteiger partial charge in [0, 0.05) is 6.04 Å². The molecule has 0 amide bonds. The molecule has 164 valence electrons. The Morgan fingerprint density at radius 2 is 1.53 bits per heavy atom. The van der Waals surface area contributed by atoms with E-state index >= 15 is 0 Å². The molecule has 0 aromatic heterocycles. The molecule has 0 spiro atoms. The maximum atomic E-state index is 13.0. The van der Waals surface area contributed by atoms with E-state index in [2.05, 4.69) is 0 Å². The second kappa shape index (κ2) is 7.86. The first kappa shape index (κ1) is 22.6. The van der Waals surface area contributed by atoms with Crippen molar-refractivity contribution in [2.45, 2.75) is 43.6 Å². The second-order valence-electron chi connectivity index (χ2n) is 7.15. The minimum atomic E-state index is -5.46. The normalized spacial score (nSPS) is 17.2. The maximum Gasteiger partial charge on any atom is 0.511 e. The summed E-state index contributed by atoms with van der Waals surface area (Å²) in [6.07, 6.45) is -4.32. The van der Waals surface area contributed by atoms with Gasteiger partial charge in [0.25, 0.3) is 0 Å². The summed E-state index contributed by atoms with van der Waals surface area (Å²) in [5.74, 6) is 0. The van der Waals surface area contributed by atoms with Gasteiger partial charge in [0.2, 0.25) is 0 Å². The zero-order chi connectivity index (χ0) is 22.3. The first-order chi connectivity index (χ1) is 13.8. The fourth-order valence-corrected chi connectivity index (χ4v) is 4.25. The van der Waals surface area contributed by atoms with Crippen molar-refractivity contribution in [2.24, 2.45) is 0 Å². The van der Waals surface area contributed by atoms with Crippen LogP contribution in [-0.2, 0) is 42.1 Å². The third-order valence-corrected chi connectivity index (χ3v) is 6.05. The van der Waals surface area contributed by atoms with Gasteiger partial charge in [0.05, 0.1) is 12.2 Å². The van der Waals surface area contributed by atoms with Crippen LogP contribution < -0.4 is 4.72 Å². The summed E-state index contributed by atoms with van der Waals surface area (Å²) in [4.78, 5) is 0. The molecule has 0 saturated heterocycles. The molecule has 1 atom stereocenters. The molecule has 1 aliphatic rings. The van der Waals surface area contributed by atoms with Gasteiger partial charge in [0.1, 0.15) is 0 Å². The van der Waals surface area contributed by atoms with E-state index < -0.39 is 39.9 Å². The van der Waals surface area contributed by atoms with Gasteiger partial charge in [0.15, 0.2) is 0 Å². The van der Waals surface area contributed by atoms with E-state index in [4.69, 9.17) is 0 Å².